The molecule has 1 aromatic heterocycles. The standard InChI is InChI=1S/C12H18N6O.C2H6/c1-4-9-14-5-8(11(16-9)12(13)19)15-10-6(2)17-18-7(10)3;1-2/h5-6,15,17-18H,4H2,1-3H3,(H2,13,19);1-2H3. The van der Waals surface area contributed by atoms with E-state index in [2.05, 4.69) is 26.1 Å². The number of rotatable bonds is 4. The Balaban J connectivity index is 0.00000106. The van der Waals surface area contributed by atoms with Gasteiger partial charge in [-0.05, 0) is 13.8 Å². The first-order chi connectivity index (χ1) is 10.0. The molecule has 0 saturated carbocycles. The van der Waals surface area contributed by atoms with Gasteiger partial charge in [0.25, 0.3) is 5.91 Å². The van der Waals surface area contributed by atoms with Crippen LogP contribution in [0.2, 0.25) is 0 Å². The molecule has 1 aromatic rings. The average Bonchev–Trinajstić information content (AvgIpc) is 2.81. The molecule has 116 valence electrons. The van der Waals surface area contributed by atoms with Gasteiger partial charge in [-0.3, -0.25) is 4.79 Å². The van der Waals surface area contributed by atoms with Crippen LogP contribution in [-0.4, -0.2) is 21.9 Å². The minimum absolute atomic E-state index is 0.103. The number of amides is 1. The van der Waals surface area contributed by atoms with Crippen molar-refractivity contribution in [2.45, 2.75) is 47.1 Å². The Morgan fingerprint density at radius 1 is 1.48 bits per heavy atom. The lowest BCUT2D eigenvalue weighted by Crippen LogP contribution is -2.31. The number of carbonyl (C=O) groups is 1. The van der Waals surface area contributed by atoms with Crippen LogP contribution in [0.5, 0.6) is 0 Å². The number of allylic oxidation sites excluding steroid dienone is 1. The normalized spacial score (nSPS) is 16.9. The summed E-state index contributed by atoms with van der Waals surface area (Å²) in [4.78, 5) is 19.8. The van der Waals surface area contributed by atoms with Crippen LogP contribution in [0.25, 0.3) is 0 Å². The Morgan fingerprint density at radius 3 is 2.62 bits per heavy atom. The molecule has 0 aromatic carbocycles. The lowest BCUT2D eigenvalue weighted by molar-refractivity contribution is 0.0996. The van der Waals surface area contributed by atoms with E-state index in [0.29, 0.717) is 17.9 Å². The number of hydrogen-bond acceptors (Lipinski definition) is 6. The van der Waals surface area contributed by atoms with E-state index in [1.807, 2.05) is 34.6 Å². The lowest BCUT2D eigenvalue weighted by atomic mass is 10.2. The third-order valence-corrected chi connectivity index (χ3v) is 2.97. The Hall–Kier alpha value is -2.15. The molecule has 1 aliphatic heterocycles. The molecule has 2 rings (SSSR count). The molecule has 7 heteroatoms. The lowest BCUT2D eigenvalue weighted by Gasteiger charge is -2.14. The van der Waals surface area contributed by atoms with Crippen molar-refractivity contribution in [2.75, 3.05) is 5.32 Å². The van der Waals surface area contributed by atoms with E-state index in [4.69, 9.17) is 5.73 Å². The number of anilines is 1. The molecule has 1 amide bonds. The first-order valence-electron chi connectivity index (χ1n) is 7.18. The van der Waals surface area contributed by atoms with E-state index < -0.39 is 5.91 Å². The highest BCUT2D eigenvalue weighted by molar-refractivity contribution is 5.96. The molecular formula is C14H24N6O. The monoisotopic (exact) mass is 292 g/mol. The van der Waals surface area contributed by atoms with Gasteiger partial charge in [0.15, 0.2) is 5.69 Å². The number of nitrogens with two attached hydrogens (primary N) is 1. The number of nitrogens with zero attached hydrogens (tertiary/aromatic N) is 2. The molecule has 5 N–H and O–H groups in total. The molecule has 0 saturated heterocycles. The zero-order chi connectivity index (χ0) is 16.0. The van der Waals surface area contributed by atoms with Crippen LogP contribution in [-0.2, 0) is 6.42 Å². The summed E-state index contributed by atoms with van der Waals surface area (Å²) in [6.45, 7) is 9.86. The van der Waals surface area contributed by atoms with Gasteiger partial charge in [-0.25, -0.2) is 15.4 Å². The van der Waals surface area contributed by atoms with Gasteiger partial charge < -0.3 is 16.5 Å². The van der Waals surface area contributed by atoms with Crippen molar-refractivity contribution in [1.82, 2.24) is 20.8 Å². The summed E-state index contributed by atoms with van der Waals surface area (Å²) in [7, 11) is 0. The van der Waals surface area contributed by atoms with Gasteiger partial charge in [0.05, 0.1) is 23.6 Å². The maximum atomic E-state index is 11.5. The van der Waals surface area contributed by atoms with Crippen LogP contribution < -0.4 is 21.9 Å². The highest BCUT2D eigenvalue weighted by Crippen LogP contribution is 2.19. The third kappa shape index (κ3) is 3.91. The van der Waals surface area contributed by atoms with E-state index in [1.54, 1.807) is 6.20 Å². The number of hydrogen-bond donors (Lipinski definition) is 4. The second kappa shape index (κ2) is 7.58. The van der Waals surface area contributed by atoms with Gasteiger partial charge in [-0.15, -0.1) is 0 Å². The van der Waals surface area contributed by atoms with Crippen molar-refractivity contribution < 1.29 is 4.79 Å². The summed E-state index contributed by atoms with van der Waals surface area (Å²) in [6, 6.07) is 0.103. The predicted molar refractivity (Wildman–Crippen MR) is 83.3 cm³/mol. The number of aromatic nitrogens is 2. The molecule has 0 fully saturated rings. The minimum Gasteiger partial charge on any atom is -0.364 e. The number of aryl methyl sites for hydroxylation is 1. The van der Waals surface area contributed by atoms with E-state index >= 15 is 0 Å². The second-order valence-electron chi connectivity index (χ2n) is 4.42. The number of carbonyl (C=O) groups excluding carboxylic acids is 1. The first-order valence-corrected chi connectivity index (χ1v) is 7.18. The van der Waals surface area contributed by atoms with Crippen LogP contribution in [0.15, 0.2) is 17.6 Å². The quantitative estimate of drug-likeness (QED) is 0.667. The van der Waals surface area contributed by atoms with Gasteiger partial charge in [0.2, 0.25) is 0 Å². The van der Waals surface area contributed by atoms with Crippen LogP contribution in [0, 0.1) is 0 Å². The first kappa shape index (κ1) is 16.9. The van der Waals surface area contributed by atoms with Gasteiger partial charge in [-0.1, -0.05) is 20.8 Å². The fourth-order valence-corrected chi connectivity index (χ4v) is 1.90. The highest BCUT2D eigenvalue weighted by Gasteiger charge is 2.21. The van der Waals surface area contributed by atoms with Crippen molar-refractivity contribution in [1.29, 1.82) is 0 Å². The van der Waals surface area contributed by atoms with Crippen LogP contribution >= 0.6 is 0 Å². The zero-order valence-electron chi connectivity index (χ0n) is 13.2. The molecule has 1 unspecified atom stereocenters. The topological polar surface area (TPSA) is 105 Å². The van der Waals surface area contributed by atoms with Crippen LogP contribution in [0.1, 0.15) is 50.9 Å². The summed E-state index contributed by atoms with van der Waals surface area (Å²) < 4.78 is 0. The molecule has 7 nitrogen and oxygen atoms in total. The fraction of sp³-hybridized carbons (Fsp3) is 0.500. The van der Waals surface area contributed by atoms with Crippen molar-refractivity contribution in [2.24, 2.45) is 5.73 Å². The van der Waals surface area contributed by atoms with E-state index in [1.165, 1.54) is 0 Å². The largest absolute Gasteiger partial charge is 0.364 e. The summed E-state index contributed by atoms with van der Waals surface area (Å²) in [6.07, 6.45) is 2.25. The van der Waals surface area contributed by atoms with Gasteiger partial charge in [-0.2, -0.15) is 0 Å². The summed E-state index contributed by atoms with van der Waals surface area (Å²) in [5, 5.41) is 3.17. The maximum Gasteiger partial charge on any atom is 0.269 e. The van der Waals surface area contributed by atoms with E-state index in [-0.39, 0.29) is 11.7 Å². The summed E-state index contributed by atoms with van der Waals surface area (Å²) in [5.74, 6) is 0.0326. The van der Waals surface area contributed by atoms with E-state index in [9.17, 15) is 4.79 Å². The molecular weight excluding hydrogens is 268 g/mol. The Morgan fingerprint density at radius 2 is 2.14 bits per heavy atom. The van der Waals surface area contributed by atoms with Gasteiger partial charge >= 0.3 is 0 Å². The fourth-order valence-electron chi connectivity index (χ4n) is 1.90. The summed E-state index contributed by atoms with van der Waals surface area (Å²) in [5.41, 5.74) is 14.1. The molecule has 1 atom stereocenters. The van der Waals surface area contributed by atoms with Crippen molar-refractivity contribution in [3.63, 3.8) is 0 Å². The zero-order valence-corrected chi connectivity index (χ0v) is 13.2. The third-order valence-electron chi connectivity index (χ3n) is 2.97. The smallest absolute Gasteiger partial charge is 0.269 e. The Kier molecular flexibility index (Phi) is 6.10. The molecule has 1 aliphatic rings. The molecule has 0 radical (unpaired) electrons. The number of primary amides is 1. The van der Waals surface area contributed by atoms with Gasteiger partial charge in [0, 0.05) is 12.1 Å². The van der Waals surface area contributed by atoms with Gasteiger partial charge in [0.1, 0.15) is 5.82 Å². The molecule has 0 aliphatic carbocycles. The average molecular weight is 292 g/mol. The van der Waals surface area contributed by atoms with Crippen LogP contribution in [0.3, 0.4) is 0 Å². The van der Waals surface area contributed by atoms with Crippen molar-refractivity contribution >= 4 is 11.6 Å². The molecule has 21 heavy (non-hydrogen) atoms. The maximum absolute atomic E-state index is 11.5. The summed E-state index contributed by atoms with van der Waals surface area (Å²) >= 11 is 0. The second-order valence-corrected chi connectivity index (χ2v) is 4.42. The van der Waals surface area contributed by atoms with Crippen LogP contribution in [0.4, 0.5) is 5.69 Å². The molecule has 0 bridgehead atoms. The molecule has 2 heterocycles. The molecule has 0 spiro atoms. The minimum atomic E-state index is -0.565. The van der Waals surface area contributed by atoms with Crippen molar-refractivity contribution in [3.05, 3.63) is 29.1 Å². The van der Waals surface area contributed by atoms with Crippen molar-refractivity contribution in [3.8, 4) is 0 Å². The predicted octanol–water partition coefficient (Wildman–Crippen LogP) is 1.30. The number of nitrogens with one attached hydrogen (secondary N) is 3. The SMILES string of the molecule is CC.CCc1ncc(NC2=C(C)NNC2C)c(C(N)=O)n1. The Bertz CT molecular complexity index is 540. The number of hydrazine groups is 1. The van der Waals surface area contributed by atoms with E-state index in [0.717, 1.165) is 11.4 Å². The highest BCUT2D eigenvalue weighted by atomic mass is 16.1. The Labute approximate surface area is 125 Å².